The standard InChI is InChI=1S/C12H20N2O2/c1-3-11(6-8-15)14-9-10-5-4-7-13-12(10)16-2/h4-5,7,11,14-15H,3,6,8-9H2,1-2H3. The van der Waals surface area contributed by atoms with Crippen LogP contribution in [0.4, 0.5) is 0 Å². The fourth-order valence-corrected chi connectivity index (χ4v) is 1.60. The lowest BCUT2D eigenvalue weighted by Crippen LogP contribution is -2.29. The molecule has 90 valence electrons. The predicted molar refractivity (Wildman–Crippen MR) is 63.4 cm³/mol. The number of pyridine rings is 1. The molecule has 4 heteroatoms. The Labute approximate surface area is 96.7 Å². The van der Waals surface area contributed by atoms with Crippen molar-refractivity contribution < 1.29 is 9.84 Å². The second kappa shape index (κ2) is 7.19. The number of aliphatic hydroxyl groups excluding tert-OH is 1. The van der Waals surface area contributed by atoms with Gasteiger partial charge in [-0.05, 0) is 18.9 Å². The number of nitrogens with one attached hydrogen (secondary N) is 1. The average Bonchev–Trinajstić information content (AvgIpc) is 2.34. The summed E-state index contributed by atoms with van der Waals surface area (Å²) in [6.07, 6.45) is 3.50. The van der Waals surface area contributed by atoms with Crippen molar-refractivity contribution in [3.05, 3.63) is 23.9 Å². The Kier molecular flexibility index (Phi) is 5.82. The quantitative estimate of drug-likeness (QED) is 0.734. The highest BCUT2D eigenvalue weighted by atomic mass is 16.5. The van der Waals surface area contributed by atoms with Crippen molar-refractivity contribution in [2.45, 2.75) is 32.4 Å². The Morgan fingerprint density at radius 3 is 3.00 bits per heavy atom. The minimum atomic E-state index is 0.218. The molecule has 0 aliphatic heterocycles. The predicted octanol–water partition coefficient (Wildman–Crippen LogP) is 1.34. The molecule has 0 spiro atoms. The molecule has 1 rings (SSSR count). The molecule has 1 heterocycles. The van der Waals surface area contributed by atoms with Gasteiger partial charge in [0.1, 0.15) is 0 Å². The molecule has 0 saturated heterocycles. The van der Waals surface area contributed by atoms with Gasteiger partial charge in [0.15, 0.2) is 0 Å². The summed E-state index contributed by atoms with van der Waals surface area (Å²) in [5.41, 5.74) is 1.04. The van der Waals surface area contributed by atoms with Gasteiger partial charge in [0.05, 0.1) is 7.11 Å². The zero-order valence-corrected chi connectivity index (χ0v) is 9.94. The summed E-state index contributed by atoms with van der Waals surface area (Å²) < 4.78 is 5.17. The molecule has 0 amide bonds. The highest BCUT2D eigenvalue weighted by Gasteiger charge is 2.07. The van der Waals surface area contributed by atoms with Crippen molar-refractivity contribution in [1.82, 2.24) is 10.3 Å². The number of aliphatic hydroxyl groups is 1. The van der Waals surface area contributed by atoms with Crippen LogP contribution >= 0.6 is 0 Å². The van der Waals surface area contributed by atoms with E-state index in [0.717, 1.165) is 24.9 Å². The third-order valence-corrected chi connectivity index (χ3v) is 2.59. The summed E-state index contributed by atoms with van der Waals surface area (Å²) in [5.74, 6) is 0.661. The van der Waals surface area contributed by atoms with Crippen LogP contribution in [0.5, 0.6) is 5.88 Å². The van der Waals surface area contributed by atoms with E-state index in [0.29, 0.717) is 11.9 Å². The first kappa shape index (κ1) is 12.9. The fraction of sp³-hybridized carbons (Fsp3) is 0.583. The van der Waals surface area contributed by atoms with E-state index in [4.69, 9.17) is 9.84 Å². The maximum absolute atomic E-state index is 8.89. The van der Waals surface area contributed by atoms with Crippen LogP contribution in [0.1, 0.15) is 25.3 Å². The summed E-state index contributed by atoms with van der Waals surface area (Å²) in [4.78, 5) is 4.14. The van der Waals surface area contributed by atoms with Crippen molar-refractivity contribution >= 4 is 0 Å². The smallest absolute Gasteiger partial charge is 0.217 e. The molecule has 0 saturated carbocycles. The molecule has 16 heavy (non-hydrogen) atoms. The number of aromatic nitrogens is 1. The number of nitrogens with zero attached hydrogens (tertiary/aromatic N) is 1. The summed E-state index contributed by atoms with van der Waals surface area (Å²) in [6.45, 7) is 3.04. The molecule has 1 aromatic rings. The molecular formula is C12H20N2O2. The van der Waals surface area contributed by atoms with Crippen LogP contribution in [0.15, 0.2) is 18.3 Å². The van der Waals surface area contributed by atoms with E-state index in [1.807, 2.05) is 12.1 Å². The number of methoxy groups -OCH3 is 1. The van der Waals surface area contributed by atoms with Crippen molar-refractivity contribution in [3.63, 3.8) is 0 Å². The molecule has 0 bridgehead atoms. The van der Waals surface area contributed by atoms with Crippen LogP contribution in [0, 0.1) is 0 Å². The van der Waals surface area contributed by atoms with Gasteiger partial charge in [-0.3, -0.25) is 0 Å². The first-order valence-corrected chi connectivity index (χ1v) is 5.64. The largest absolute Gasteiger partial charge is 0.481 e. The van der Waals surface area contributed by atoms with Crippen LogP contribution in [-0.2, 0) is 6.54 Å². The Balaban J connectivity index is 2.52. The second-order valence-corrected chi connectivity index (χ2v) is 3.67. The molecule has 4 nitrogen and oxygen atoms in total. The molecule has 0 fully saturated rings. The van der Waals surface area contributed by atoms with Gasteiger partial charge < -0.3 is 15.2 Å². The van der Waals surface area contributed by atoms with Crippen molar-refractivity contribution in [2.24, 2.45) is 0 Å². The molecule has 0 radical (unpaired) electrons. The summed E-state index contributed by atoms with van der Waals surface area (Å²) >= 11 is 0. The van der Waals surface area contributed by atoms with Gasteiger partial charge in [-0.1, -0.05) is 13.0 Å². The van der Waals surface area contributed by atoms with Gasteiger partial charge in [0.2, 0.25) is 5.88 Å². The Morgan fingerprint density at radius 1 is 1.56 bits per heavy atom. The average molecular weight is 224 g/mol. The van der Waals surface area contributed by atoms with Gasteiger partial charge in [-0.15, -0.1) is 0 Å². The maximum Gasteiger partial charge on any atom is 0.217 e. The van der Waals surface area contributed by atoms with E-state index in [1.54, 1.807) is 13.3 Å². The highest BCUT2D eigenvalue weighted by Crippen LogP contribution is 2.13. The SMILES string of the molecule is CCC(CCO)NCc1cccnc1OC. The van der Waals surface area contributed by atoms with Gasteiger partial charge in [-0.2, -0.15) is 0 Å². The molecule has 0 aliphatic rings. The normalized spacial score (nSPS) is 12.4. The minimum absolute atomic E-state index is 0.218. The lowest BCUT2D eigenvalue weighted by molar-refractivity contribution is 0.261. The molecule has 0 aliphatic carbocycles. The Hall–Kier alpha value is -1.13. The zero-order valence-electron chi connectivity index (χ0n) is 9.94. The molecule has 1 aromatic heterocycles. The van der Waals surface area contributed by atoms with E-state index >= 15 is 0 Å². The molecular weight excluding hydrogens is 204 g/mol. The summed E-state index contributed by atoms with van der Waals surface area (Å²) in [7, 11) is 1.62. The van der Waals surface area contributed by atoms with Crippen LogP contribution in [0.25, 0.3) is 0 Å². The first-order valence-electron chi connectivity index (χ1n) is 5.64. The van der Waals surface area contributed by atoms with E-state index in [9.17, 15) is 0 Å². The van der Waals surface area contributed by atoms with Crippen LogP contribution in [0.3, 0.4) is 0 Å². The van der Waals surface area contributed by atoms with Crippen LogP contribution in [0.2, 0.25) is 0 Å². The zero-order chi connectivity index (χ0) is 11.8. The monoisotopic (exact) mass is 224 g/mol. The van der Waals surface area contributed by atoms with E-state index in [2.05, 4.69) is 17.2 Å². The topological polar surface area (TPSA) is 54.4 Å². The molecule has 0 aromatic carbocycles. The molecule has 1 unspecified atom stereocenters. The van der Waals surface area contributed by atoms with E-state index < -0.39 is 0 Å². The number of ether oxygens (including phenoxy) is 1. The number of hydrogen-bond acceptors (Lipinski definition) is 4. The Morgan fingerprint density at radius 2 is 2.38 bits per heavy atom. The fourth-order valence-electron chi connectivity index (χ4n) is 1.60. The van der Waals surface area contributed by atoms with Gasteiger partial charge in [0.25, 0.3) is 0 Å². The van der Waals surface area contributed by atoms with Crippen molar-refractivity contribution in [3.8, 4) is 5.88 Å². The number of rotatable bonds is 7. The van der Waals surface area contributed by atoms with E-state index in [1.165, 1.54) is 0 Å². The molecule has 2 N–H and O–H groups in total. The summed E-state index contributed by atoms with van der Waals surface area (Å²) in [5, 5.41) is 12.3. The van der Waals surface area contributed by atoms with Crippen molar-refractivity contribution in [2.75, 3.05) is 13.7 Å². The molecule has 1 atom stereocenters. The van der Waals surface area contributed by atoms with Gasteiger partial charge >= 0.3 is 0 Å². The van der Waals surface area contributed by atoms with Gasteiger partial charge in [0, 0.05) is 31.0 Å². The number of hydrogen-bond donors (Lipinski definition) is 2. The maximum atomic E-state index is 8.89. The summed E-state index contributed by atoms with van der Waals surface area (Å²) in [6, 6.07) is 4.23. The van der Waals surface area contributed by atoms with Crippen LogP contribution < -0.4 is 10.1 Å². The first-order chi connectivity index (χ1) is 7.81. The third-order valence-electron chi connectivity index (χ3n) is 2.59. The third kappa shape index (κ3) is 3.79. The minimum Gasteiger partial charge on any atom is -0.481 e. The lowest BCUT2D eigenvalue weighted by Gasteiger charge is -2.16. The van der Waals surface area contributed by atoms with Crippen LogP contribution in [-0.4, -0.2) is 29.8 Å². The Bertz CT molecular complexity index is 305. The highest BCUT2D eigenvalue weighted by molar-refractivity contribution is 5.25. The van der Waals surface area contributed by atoms with Crippen molar-refractivity contribution in [1.29, 1.82) is 0 Å². The van der Waals surface area contributed by atoms with E-state index in [-0.39, 0.29) is 6.61 Å². The lowest BCUT2D eigenvalue weighted by atomic mass is 10.1. The van der Waals surface area contributed by atoms with Gasteiger partial charge in [-0.25, -0.2) is 4.98 Å². The second-order valence-electron chi connectivity index (χ2n) is 3.67.